The molecule has 2 saturated heterocycles. The third kappa shape index (κ3) is 6.81. The molecule has 1 unspecified atom stereocenters. The summed E-state index contributed by atoms with van der Waals surface area (Å²) >= 11 is 1.41. The molecule has 0 bridgehead atoms. The van der Waals surface area contributed by atoms with Crippen molar-refractivity contribution >= 4 is 17.7 Å². The van der Waals surface area contributed by atoms with Crippen LogP contribution in [0.2, 0.25) is 0 Å². The normalized spacial score (nSPS) is 36.5. The number of hydrogen-bond acceptors (Lipinski definition) is 7. The predicted molar refractivity (Wildman–Crippen MR) is 120 cm³/mol. The summed E-state index contributed by atoms with van der Waals surface area (Å²) in [4.78, 5) is 13.1. The van der Waals surface area contributed by atoms with Gasteiger partial charge in [-0.15, -0.1) is 11.8 Å². The molecule has 0 aromatic rings. The zero-order chi connectivity index (χ0) is 22.4. The molecule has 0 aliphatic carbocycles. The van der Waals surface area contributed by atoms with Crippen LogP contribution in [-0.2, 0) is 9.53 Å². The van der Waals surface area contributed by atoms with Gasteiger partial charge in [0, 0.05) is 5.25 Å². The minimum Gasteiger partial charge on any atom is -0.388 e. The Hall–Kier alpha value is -0.380. The van der Waals surface area contributed by atoms with E-state index in [1.165, 1.54) is 18.2 Å². The van der Waals surface area contributed by atoms with Gasteiger partial charge in [0.15, 0.2) is 0 Å². The number of carbonyl (C=O) groups excluding carboxylic acids is 1. The van der Waals surface area contributed by atoms with Crippen LogP contribution in [0.5, 0.6) is 0 Å². The van der Waals surface area contributed by atoms with Crippen molar-refractivity contribution in [1.29, 1.82) is 0 Å². The Morgan fingerprint density at radius 2 is 1.80 bits per heavy atom. The standard InChI is InChI=1S/C22H42N2O5S/c1-6-7-14-8-9-15(23-11-10-14)21(28)24-16(12(2)3)20-18(26)17(25)19(27)22(29-20)30-13(4)5/h12-20,22-23,25-27H,6-11H2,1-5H3,(H,24,28)/t14?,15-,16+,17-,18+,19+,20+,22+/m0/s1. The summed E-state index contributed by atoms with van der Waals surface area (Å²) in [6.07, 6.45) is 0.729. The fraction of sp³-hybridized carbons (Fsp3) is 0.955. The quantitative estimate of drug-likeness (QED) is 0.385. The molecule has 0 aromatic heterocycles. The maximum atomic E-state index is 13.1. The number of nitrogens with one attached hydrogen (secondary N) is 2. The van der Waals surface area contributed by atoms with E-state index in [0.717, 1.165) is 32.2 Å². The molecule has 2 rings (SSSR count). The summed E-state index contributed by atoms with van der Waals surface area (Å²) in [6.45, 7) is 10.9. The van der Waals surface area contributed by atoms with Gasteiger partial charge in [0.2, 0.25) is 5.91 Å². The fourth-order valence-corrected chi connectivity index (χ4v) is 5.53. The predicted octanol–water partition coefficient (Wildman–Crippen LogP) is 1.63. The van der Waals surface area contributed by atoms with Crippen LogP contribution in [0, 0.1) is 11.8 Å². The molecule has 2 fully saturated rings. The Kier molecular flexibility index (Phi) is 10.4. The largest absolute Gasteiger partial charge is 0.388 e. The van der Waals surface area contributed by atoms with Gasteiger partial charge >= 0.3 is 0 Å². The number of hydrogen-bond donors (Lipinski definition) is 5. The van der Waals surface area contributed by atoms with E-state index in [4.69, 9.17) is 4.74 Å². The lowest BCUT2D eigenvalue weighted by molar-refractivity contribution is -0.208. The van der Waals surface area contributed by atoms with Gasteiger partial charge in [-0.2, -0.15) is 0 Å². The van der Waals surface area contributed by atoms with Crippen LogP contribution < -0.4 is 10.6 Å². The topological polar surface area (TPSA) is 111 Å². The molecular formula is C22H42N2O5S. The zero-order valence-corrected chi connectivity index (χ0v) is 19.9. The van der Waals surface area contributed by atoms with Crippen molar-refractivity contribution in [3.63, 3.8) is 0 Å². The van der Waals surface area contributed by atoms with Gasteiger partial charge in [-0.25, -0.2) is 0 Å². The van der Waals surface area contributed by atoms with Crippen LogP contribution in [0.1, 0.15) is 66.7 Å². The highest BCUT2D eigenvalue weighted by Gasteiger charge is 2.48. The Labute approximate surface area is 185 Å². The first-order valence-electron chi connectivity index (χ1n) is 11.5. The van der Waals surface area contributed by atoms with Crippen LogP contribution >= 0.6 is 11.8 Å². The van der Waals surface area contributed by atoms with E-state index in [-0.39, 0.29) is 23.1 Å². The number of carbonyl (C=O) groups is 1. The van der Waals surface area contributed by atoms with E-state index in [0.29, 0.717) is 5.92 Å². The van der Waals surface area contributed by atoms with Crippen LogP contribution in [-0.4, -0.2) is 75.0 Å². The molecular weight excluding hydrogens is 404 g/mol. The van der Waals surface area contributed by atoms with Gasteiger partial charge in [-0.1, -0.05) is 47.5 Å². The van der Waals surface area contributed by atoms with Crippen molar-refractivity contribution < 1.29 is 24.9 Å². The average Bonchev–Trinajstić information content (AvgIpc) is 2.92. The minimum atomic E-state index is -1.32. The van der Waals surface area contributed by atoms with Gasteiger partial charge in [-0.05, 0) is 37.6 Å². The van der Waals surface area contributed by atoms with Crippen molar-refractivity contribution in [2.24, 2.45) is 11.8 Å². The molecule has 0 spiro atoms. The summed E-state index contributed by atoms with van der Waals surface area (Å²) in [5.74, 6) is 0.560. The second-order valence-electron chi connectivity index (χ2n) is 9.43. The molecule has 5 N–H and O–H groups in total. The number of aliphatic hydroxyl groups excluding tert-OH is 3. The van der Waals surface area contributed by atoms with E-state index < -0.39 is 35.9 Å². The summed E-state index contributed by atoms with van der Waals surface area (Å²) in [5.41, 5.74) is -0.655. The van der Waals surface area contributed by atoms with E-state index >= 15 is 0 Å². The molecule has 0 radical (unpaired) electrons. The molecule has 176 valence electrons. The van der Waals surface area contributed by atoms with Gasteiger partial charge in [0.1, 0.15) is 29.9 Å². The third-order valence-corrected chi connectivity index (χ3v) is 7.42. The molecule has 2 aliphatic heterocycles. The Bertz CT molecular complexity index is 536. The van der Waals surface area contributed by atoms with Gasteiger partial charge < -0.3 is 30.7 Å². The second-order valence-corrected chi connectivity index (χ2v) is 11.1. The lowest BCUT2D eigenvalue weighted by Crippen LogP contribution is -2.64. The van der Waals surface area contributed by atoms with Crippen molar-refractivity contribution in [2.75, 3.05) is 6.54 Å². The van der Waals surface area contributed by atoms with E-state index in [9.17, 15) is 20.1 Å². The van der Waals surface area contributed by atoms with Crippen molar-refractivity contribution in [1.82, 2.24) is 10.6 Å². The monoisotopic (exact) mass is 446 g/mol. The van der Waals surface area contributed by atoms with Crippen molar-refractivity contribution in [3.8, 4) is 0 Å². The number of aliphatic hydroxyl groups is 3. The lowest BCUT2D eigenvalue weighted by atomic mass is 9.88. The zero-order valence-electron chi connectivity index (χ0n) is 19.1. The minimum absolute atomic E-state index is 0.0145. The first-order valence-corrected chi connectivity index (χ1v) is 12.5. The first-order chi connectivity index (χ1) is 14.1. The van der Waals surface area contributed by atoms with Crippen LogP contribution in [0.4, 0.5) is 0 Å². The molecule has 1 amide bonds. The molecule has 8 atom stereocenters. The molecule has 0 saturated carbocycles. The highest BCUT2D eigenvalue weighted by Crippen LogP contribution is 2.33. The third-order valence-electron chi connectivity index (χ3n) is 6.21. The van der Waals surface area contributed by atoms with Crippen molar-refractivity contribution in [2.45, 2.75) is 114 Å². The lowest BCUT2D eigenvalue weighted by Gasteiger charge is -2.45. The number of ether oxygens (including phenoxy) is 1. The number of rotatable bonds is 8. The highest BCUT2D eigenvalue weighted by molar-refractivity contribution is 8.00. The van der Waals surface area contributed by atoms with Crippen LogP contribution in [0.25, 0.3) is 0 Å². The highest BCUT2D eigenvalue weighted by atomic mass is 32.2. The maximum absolute atomic E-state index is 13.1. The summed E-state index contributed by atoms with van der Waals surface area (Å²) < 4.78 is 6.05. The first kappa shape index (κ1) is 25.9. The number of thioether (sulfide) groups is 1. The Morgan fingerprint density at radius 1 is 1.10 bits per heavy atom. The summed E-state index contributed by atoms with van der Waals surface area (Å²) in [6, 6.07) is -0.730. The van der Waals surface area contributed by atoms with Crippen molar-refractivity contribution in [3.05, 3.63) is 0 Å². The van der Waals surface area contributed by atoms with Gasteiger partial charge in [0.05, 0.1) is 12.1 Å². The molecule has 7 nitrogen and oxygen atoms in total. The van der Waals surface area contributed by atoms with Gasteiger partial charge in [-0.3, -0.25) is 4.79 Å². The average molecular weight is 447 g/mol. The Morgan fingerprint density at radius 3 is 2.40 bits per heavy atom. The van der Waals surface area contributed by atoms with Gasteiger partial charge in [0.25, 0.3) is 0 Å². The summed E-state index contributed by atoms with van der Waals surface area (Å²) in [7, 11) is 0. The molecule has 8 heteroatoms. The molecule has 0 aromatic carbocycles. The van der Waals surface area contributed by atoms with E-state index in [1.54, 1.807) is 0 Å². The van der Waals surface area contributed by atoms with E-state index in [1.807, 2.05) is 27.7 Å². The SMILES string of the molecule is CCCC1CCN[C@H](C(=O)N[C@H](C(C)C)[C@H]2O[C@H](SC(C)C)[C@H](O)[C@@H](O)[C@H]2O)CC1. The van der Waals surface area contributed by atoms with Crippen LogP contribution in [0.3, 0.4) is 0 Å². The molecule has 30 heavy (non-hydrogen) atoms. The summed E-state index contributed by atoms with van der Waals surface area (Å²) in [5, 5.41) is 38.0. The smallest absolute Gasteiger partial charge is 0.237 e. The maximum Gasteiger partial charge on any atom is 0.237 e. The second kappa shape index (κ2) is 12.0. The Balaban J connectivity index is 2.07. The van der Waals surface area contributed by atoms with E-state index in [2.05, 4.69) is 17.6 Å². The number of amides is 1. The molecule has 2 heterocycles. The van der Waals surface area contributed by atoms with Crippen LogP contribution in [0.15, 0.2) is 0 Å². The molecule has 2 aliphatic rings. The fourth-order valence-electron chi connectivity index (χ4n) is 4.48.